The van der Waals surface area contributed by atoms with Crippen molar-refractivity contribution in [1.29, 1.82) is 0 Å². The van der Waals surface area contributed by atoms with Crippen LogP contribution in [0.2, 0.25) is 0 Å². The molecule has 0 atom stereocenters. The molecule has 172 valence electrons. The van der Waals surface area contributed by atoms with Gasteiger partial charge in [0.05, 0.1) is 13.0 Å². The highest BCUT2D eigenvalue weighted by molar-refractivity contribution is 5.89. The Morgan fingerprint density at radius 1 is 1.00 bits per heavy atom. The Hall–Kier alpha value is -2.60. The van der Waals surface area contributed by atoms with E-state index in [2.05, 4.69) is 41.3 Å². The largest absolute Gasteiger partial charge is 0.469 e. The summed E-state index contributed by atoms with van der Waals surface area (Å²) >= 11 is 0. The van der Waals surface area contributed by atoms with Gasteiger partial charge in [-0.1, -0.05) is 36.4 Å². The number of piperidine rings is 1. The van der Waals surface area contributed by atoms with E-state index in [4.69, 9.17) is 9.47 Å². The minimum absolute atomic E-state index is 0.0295. The summed E-state index contributed by atoms with van der Waals surface area (Å²) in [5.41, 5.74) is 2.14. The molecule has 0 N–H and O–H groups in total. The fourth-order valence-corrected chi connectivity index (χ4v) is 4.76. The summed E-state index contributed by atoms with van der Waals surface area (Å²) in [5.74, 6) is 0.277. The molecule has 6 nitrogen and oxygen atoms in total. The van der Waals surface area contributed by atoms with Crippen molar-refractivity contribution in [3.05, 3.63) is 47.5 Å². The second-order valence-corrected chi connectivity index (χ2v) is 10.0. The molecule has 2 aromatic carbocycles. The molecule has 0 aliphatic carbocycles. The van der Waals surface area contributed by atoms with Gasteiger partial charge in [-0.3, -0.25) is 9.69 Å². The first-order valence-electron chi connectivity index (χ1n) is 11.5. The number of benzene rings is 2. The van der Waals surface area contributed by atoms with Gasteiger partial charge in [0, 0.05) is 25.6 Å². The maximum absolute atomic E-state index is 12.3. The number of ether oxygens (including phenoxy) is 2. The number of likely N-dealkylation sites (tertiary alicyclic amines) is 2. The Kier molecular flexibility index (Phi) is 6.42. The summed E-state index contributed by atoms with van der Waals surface area (Å²) in [6.45, 7) is 9.76. The van der Waals surface area contributed by atoms with E-state index in [0.717, 1.165) is 32.5 Å². The molecule has 6 heteroatoms. The summed E-state index contributed by atoms with van der Waals surface area (Å²) in [7, 11) is 1.47. The van der Waals surface area contributed by atoms with Crippen molar-refractivity contribution in [2.45, 2.75) is 51.7 Å². The fourth-order valence-electron chi connectivity index (χ4n) is 4.76. The number of carbonyl (C=O) groups excluding carboxylic acids is 2. The zero-order valence-corrected chi connectivity index (χ0v) is 19.6. The zero-order chi connectivity index (χ0) is 22.9. The van der Waals surface area contributed by atoms with E-state index in [1.165, 1.54) is 29.0 Å². The summed E-state index contributed by atoms with van der Waals surface area (Å²) in [6, 6.07) is 13.0. The predicted octanol–water partition coefficient (Wildman–Crippen LogP) is 4.56. The molecule has 1 amide bonds. The lowest BCUT2D eigenvalue weighted by molar-refractivity contribution is -0.147. The SMILES string of the molecule is COC(=O)C1CCN(Cc2ccc(C3CN(C(=O)OC(C)(C)C)C3)c3ccccc23)CC1. The van der Waals surface area contributed by atoms with Crippen LogP contribution in [0.3, 0.4) is 0 Å². The molecule has 2 saturated heterocycles. The average Bonchev–Trinajstić information content (AvgIpc) is 2.73. The number of esters is 1. The lowest BCUT2D eigenvalue weighted by Gasteiger charge is -2.40. The lowest BCUT2D eigenvalue weighted by atomic mass is 9.86. The van der Waals surface area contributed by atoms with Crippen molar-refractivity contribution in [1.82, 2.24) is 9.80 Å². The predicted molar refractivity (Wildman–Crippen MR) is 125 cm³/mol. The van der Waals surface area contributed by atoms with E-state index in [0.29, 0.717) is 19.0 Å². The van der Waals surface area contributed by atoms with E-state index in [1.807, 2.05) is 20.8 Å². The molecule has 4 rings (SSSR count). The maximum Gasteiger partial charge on any atom is 0.410 e. The Morgan fingerprint density at radius 3 is 2.28 bits per heavy atom. The highest BCUT2D eigenvalue weighted by Gasteiger charge is 2.35. The second-order valence-electron chi connectivity index (χ2n) is 10.0. The summed E-state index contributed by atoms with van der Waals surface area (Å²) in [5, 5.41) is 2.54. The number of rotatable bonds is 4. The minimum Gasteiger partial charge on any atom is -0.469 e. The van der Waals surface area contributed by atoms with Gasteiger partial charge in [-0.15, -0.1) is 0 Å². The van der Waals surface area contributed by atoms with Crippen molar-refractivity contribution in [2.75, 3.05) is 33.3 Å². The van der Waals surface area contributed by atoms with E-state index in [-0.39, 0.29) is 18.0 Å². The van der Waals surface area contributed by atoms with Crippen LogP contribution in [0.15, 0.2) is 36.4 Å². The average molecular weight is 439 g/mol. The minimum atomic E-state index is -0.470. The summed E-state index contributed by atoms with van der Waals surface area (Å²) in [6.07, 6.45) is 1.47. The molecule has 2 heterocycles. The van der Waals surface area contributed by atoms with Crippen LogP contribution in [-0.2, 0) is 20.8 Å². The van der Waals surface area contributed by atoms with Crippen LogP contribution in [0.1, 0.15) is 50.7 Å². The van der Waals surface area contributed by atoms with Crippen LogP contribution < -0.4 is 0 Å². The Labute approximate surface area is 190 Å². The third kappa shape index (κ3) is 4.90. The number of carbonyl (C=O) groups is 2. The van der Waals surface area contributed by atoms with Gasteiger partial charge in [-0.25, -0.2) is 4.79 Å². The smallest absolute Gasteiger partial charge is 0.410 e. The number of hydrogen-bond acceptors (Lipinski definition) is 5. The molecule has 0 bridgehead atoms. The van der Waals surface area contributed by atoms with Crippen LogP contribution in [-0.4, -0.2) is 60.8 Å². The van der Waals surface area contributed by atoms with Gasteiger partial charge in [-0.2, -0.15) is 0 Å². The number of hydrogen-bond donors (Lipinski definition) is 0. The maximum atomic E-state index is 12.3. The van der Waals surface area contributed by atoms with Crippen LogP contribution in [0.4, 0.5) is 4.79 Å². The molecule has 32 heavy (non-hydrogen) atoms. The highest BCUT2D eigenvalue weighted by Crippen LogP contribution is 2.35. The van der Waals surface area contributed by atoms with Gasteiger partial charge in [0.1, 0.15) is 5.60 Å². The third-order valence-electron chi connectivity index (χ3n) is 6.54. The van der Waals surface area contributed by atoms with Crippen LogP contribution in [0, 0.1) is 5.92 Å². The monoisotopic (exact) mass is 438 g/mol. The molecule has 0 spiro atoms. The van der Waals surface area contributed by atoms with Crippen LogP contribution >= 0.6 is 0 Å². The van der Waals surface area contributed by atoms with E-state index in [9.17, 15) is 9.59 Å². The molecule has 2 aliphatic heterocycles. The van der Waals surface area contributed by atoms with Gasteiger partial charge in [-0.05, 0) is 68.6 Å². The van der Waals surface area contributed by atoms with E-state index in [1.54, 1.807) is 4.90 Å². The van der Waals surface area contributed by atoms with Crippen molar-refractivity contribution in [3.8, 4) is 0 Å². The normalized spacial score (nSPS) is 18.4. The quantitative estimate of drug-likeness (QED) is 0.655. The van der Waals surface area contributed by atoms with Crippen molar-refractivity contribution in [3.63, 3.8) is 0 Å². The number of nitrogens with zero attached hydrogens (tertiary/aromatic N) is 2. The number of fused-ring (bicyclic) bond motifs is 1. The molecular weight excluding hydrogens is 404 g/mol. The first-order chi connectivity index (χ1) is 15.2. The zero-order valence-electron chi connectivity index (χ0n) is 19.6. The van der Waals surface area contributed by atoms with Gasteiger partial charge in [0.25, 0.3) is 0 Å². The number of methoxy groups -OCH3 is 1. The van der Waals surface area contributed by atoms with E-state index >= 15 is 0 Å². The van der Waals surface area contributed by atoms with Gasteiger partial charge >= 0.3 is 12.1 Å². The number of amides is 1. The topological polar surface area (TPSA) is 59.1 Å². The Bertz CT molecular complexity index is 983. The lowest BCUT2D eigenvalue weighted by Crippen LogP contribution is -2.50. The molecule has 2 aromatic rings. The Balaban J connectivity index is 1.44. The standard InChI is InChI=1S/C26H34N2O4/c1-26(2,3)32-25(30)28-16-20(17-28)22-10-9-19(21-7-5-6-8-23(21)22)15-27-13-11-18(12-14-27)24(29)31-4/h5-10,18,20H,11-17H2,1-4H3. The van der Waals surface area contributed by atoms with Crippen molar-refractivity contribution < 1.29 is 19.1 Å². The molecule has 2 aliphatic rings. The fraction of sp³-hybridized carbons (Fsp3) is 0.538. The van der Waals surface area contributed by atoms with Crippen LogP contribution in [0.25, 0.3) is 10.8 Å². The van der Waals surface area contributed by atoms with Crippen molar-refractivity contribution in [2.24, 2.45) is 5.92 Å². The Morgan fingerprint density at radius 2 is 1.66 bits per heavy atom. The molecule has 2 fully saturated rings. The van der Waals surface area contributed by atoms with Gasteiger partial charge in [0.2, 0.25) is 0 Å². The molecule has 0 aromatic heterocycles. The first kappa shape index (κ1) is 22.6. The second kappa shape index (κ2) is 9.10. The molecular formula is C26H34N2O4. The molecule has 0 saturated carbocycles. The van der Waals surface area contributed by atoms with E-state index < -0.39 is 5.60 Å². The van der Waals surface area contributed by atoms with Gasteiger partial charge in [0.15, 0.2) is 0 Å². The first-order valence-corrected chi connectivity index (χ1v) is 11.5. The highest BCUT2D eigenvalue weighted by atomic mass is 16.6. The summed E-state index contributed by atoms with van der Waals surface area (Å²) in [4.78, 5) is 28.3. The third-order valence-corrected chi connectivity index (χ3v) is 6.54. The molecule has 0 unspecified atom stereocenters. The van der Waals surface area contributed by atoms with Crippen molar-refractivity contribution >= 4 is 22.8 Å². The molecule has 0 radical (unpaired) electrons. The van der Waals surface area contributed by atoms with Gasteiger partial charge < -0.3 is 14.4 Å². The van der Waals surface area contributed by atoms with Crippen LogP contribution in [0.5, 0.6) is 0 Å². The summed E-state index contributed by atoms with van der Waals surface area (Å²) < 4.78 is 10.4.